The van der Waals surface area contributed by atoms with Gasteiger partial charge in [0, 0.05) is 32.6 Å². The molecule has 30 heavy (non-hydrogen) atoms. The molecule has 0 radical (unpaired) electrons. The molecular weight excluding hydrogens is 376 g/mol. The van der Waals surface area contributed by atoms with Crippen LogP contribution in [-0.2, 0) is 16.6 Å². The van der Waals surface area contributed by atoms with Crippen LogP contribution in [0.25, 0.3) is 0 Å². The van der Waals surface area contributed by atoms with Crippen molar-refractivity contribution in [3.8, 4) is 0 Å². The van der Waals surface area contributed by atoms with E-state index in [0.717, 1.165) is 42.7 Å². The van der Waals surface area contributed by atoms with Gasteiger partial charge in [0.25, 0.3) is 5.91 Å². The van der Waals surface area contributed by atoms with Crippen molar-refractivity contribution in [1.82, 2.24) is 14.5 Å². The summed E-state index contributed by atoms with van der Waals surface area (Å²) in [4.78, 5) is 27.5. The fourth-order valence-electron chi connectivity index (χ4n) is 4.54. The van der Waals surface area contributed by atoms with Gasteiger partial charge in [-0.2, -0.15) is 5.10 Å². The third kappa shape index (κ3) is 4.04. The lowest BCUT2D eigenvalue weighted by molar-refractivity contribution is -0.142. The Kier molecular flexibility index (Phi) is 5.75. The smallest absolute Gasteiger partial charge is 0.262 e. The quantitative estimate of drug-likeness (QED) is 0.761. The molecule has 0 unspecified atom stereocenters. The molecule has 1 aromatic heterocycles. The van der Waals surface area contributed by atoms with Crippen LogP contribution in [0.2, 0.25) is 0 Å². The van der Waals surface area contributed by atoms with Crippen molar-refractivity contribution in [3.63, 3.8) is 0 Å². The molecule has 158 valence electrons. The van der Waals surface area contributed by atoms with Crippen LogP contribution in [-0.4, -0.2) is 45.6 Å². The van der Waals surface area contributed by atoms with Crippen LogP contribution in [0.4, 0.5) is 0 Å². The van der Waals surface area contributed by atoms with E-state index >= 15 is 0 Å². The molecule has 2 aliphatic rings. The van der Waals surface area contributed by atoms with Crippen LogP contribution in [0.15, 0.2) is 47.7 Å². The topological polar surface area (TPSA) is 57.9 Å². The van der Waals surface area contributed by atoms with E-state index in [4.69, 9.17) is 5.10 Å². The van der Waals surface area contributed by atoms with E-state index in [-0.39, 0.29) is 30.3 Å². The Morgan fingerprint density at radius 2 is 1.83 bits per heavy atom. The second kappa shape index (κ2) is 8.46. The number of nitrogens with zero attached hydrogens (tertiary/aromatic N) is 4. The van der Waals surface area contributed by atoms with Crippen LogP contribution in [0, 0.1) is 12.8 Å². The van der Waals surface area contributed by atoms with Gasteiger partial charge in [0.05, 0.1) is 17.4 Å². The van der Waals surface area contributed by atoms with Gasteiger partial charge in [0.2, 0.25) is 5.91 Å². The van der Waals surface area contributed by atoms with Crippen molar-refractivity contribution in [3.05, 3.63) is 59.4 Å². The van der Waals surface area contributed by atoms with Crippen molar-refractivity contribution >= 4 is 17.5 Å². The molecule has 2 amide bonds. The van der Waals surface area contributed by atoms with Crippen LogP contribution in [0.3, 0.4) is 0 Å². The molecular formula is C24H30N4O2. The zero-order chi connectivity index (χ0) is 21.3. The van der Waals surface area contributed by atoms with Crippen LogP contribution in [0.5, 0.6) is 0 Å². The fraction of sp³-hybridized carbons (Fsp3) is 0.458. The van der Waals surface area contributed by atoms with E-state index in [0.29, 0.717) is 6.42 Å². The van der Waals surface area contributed by atoms with E-state index in [2.05, 4.69) is 31.2 Å². The Balaban J connectivity index is 1.56. The average molecular weight is 407 g/mol. The van der Waals surface area contributed by atoms with Gasteiger partial charge in [0.1, 0.15) is 6.54 Å². The summed E-state index contributed by atoms with van der Waals surface area (Å²) >= 11 is 0. The van der Waals surface area contributed by atoms with E-state index in [1.165, 1.54) is 5.56 Å². The maximum absolute atomic E-state index is 13.2. The van der Waals surface area contributed by atoms with Crippen molar-refractivity contribution in [2.75, 3.05) is 13.6 Å². The van der Waals surface area contributed by atoms with Gasteiger partial charge in [-0.15, -0.1) is 0 Å². The predicted octanol–water partition coefficient (Wildman–Crippen LogP) is 3.66. The Morgan fingerprint density at radius 1 is 1.13 bits per heavy atom. The Hall–Kier alpha value is -2.89. The molecule has 0 bridgehead atoms. The molecule has 6 nitrogen and oxygen atoms in total. The predicted molar refractivity (Wildman–Crippen MR) is 117 cm³/mol. The minimum Gasteiger partial charge on any atom is -0.350 e. The summed E-state index contributed by atoms with van der Waals surface area (Å²) in [7, 11) is 3.72. The number of aromatic nitrogens is 1. The Morgan fingerprint density at radius 3 is 2.47 bits per heavy atom. The largest absolute Gasteiger partial charge is 0.350 e. The van der Waals surface area contributed by atoms with E-state index < -0.39 is 0 Å². The molecule has 1 aliphatic carbocycles. The van der Waals surface area contributed by atoms with Crippen LogP contribution in [0.1, 0.15) is 55.0 Å². The number of benzene rings is 1. The second-order valence-corrected chi connectivity index (χ2v) is 8.60. The average Bonchev–Trinajstić information content (AvgIpc) is 3.48. The van der Waals surface area contributed by atoms with E-state index in [1.54, 1.807) is 17.0 Å². The first-order chi connectivity index (χ1) is 14.4. The molecule has 1 saturated carbocycles. The summed E-state index contributed by atoms with van der Waals surface area (Å²) in [5.41, 5.74) is 4.15. The number of carbonyl (C=O) groups is 2. The highest BCUT2D eigenvalue weighted by molar-refractivity contribution is 6.02. The maximum Gasteiger partial charge on any atom is 0.262 e. The summed E-state index contributed by atoms with van der Waals surface area (Å²) in [5, 5.41) is 6.31. The number of hydrogen-bond donors (Lipinski definition) is 0. The van der Waals surface area contributed by atoms with E-state index in [1.807, 2.05) is 29.9 Å². The molecule has 4 rings (SSSR count). The highest BCUT2D eigenvalue weighted by atomic mass is 16.2. The third-order valence-electron chi connectivity index (χ3n) is 6.32. The summed E-state index contributed by atoms with van der Waals surface area (Å²) in [6.45, 7) is 2.11. The van der Waals surface area contributed by atoms with Crippen molar-refractivity contribution in [2.24, 2.45) is 18.1 Å². The molecule has 0 N–H and O–H groups in total. The monoisotopic (exact) mass is 406 g/mol. The number of hydrogen-bond acceptors (Lipinski definition) is 3. The van der Waals surface area contributed by atoms with Gasteiger partial charge in [-0.3, -0.25) is 9.59 Å². The summed E-state index contributed by atoms with van der Waals surface area (Å²) < 4.78 is 2.02. The Labute approximate surface area is 178 Å². The van der Waals surface area contributed by atoms with Crippen molar-refractivity contribution < 1.29 is 9.59 Å². The molecule has 6 heteroatoms. The molecule has 1 aromatic carbocycles. The zero-order valence-corrected chi connectivity index (χ0v) is 18.0. The second-order valence-electron chi connectivity index (χ2n) is 8.60. The number of rotatable bonds is 5. The van der Waals surface area contributed by atoms with Crippen LogP contribution >= 0.6 is 0 Å². The van der Waals surface area contributed by atoms with Crippen LogP contribution < -0.4 is 0 Å². The lowest BCUT2D eigenvalue weighted by atomic mass is 9.99. The fourth-order valence-corrected chi connectivity index (χ4v) is 4.54. The van der Waals surface area contributed by atoms with Gasteiger partial charge in [-0.25, -0.2) is 5.01 Å². The van der Waals surface area contributed by atoms with Gasteiger partial charge >= 0.3 is 0 Å². The van der Waals surface area contributed by atoms with Gasteiger partial charge in [-0.1, -0.05) is 42.7 Å². The number of hydrazone groups is 1. The van der Waals surface area contributed by atoms with Gasteiger partial charge < -0.3 is 9.47 Å². The third-order valence-corrected chi connectivity index (χ3v) is 6.32. The highest BCUT2D eigenvalue weighted by Gasteiger charge is 2.35. The molecule has 0 spiro atoms. The molecule has 1 fully saturated rings. The molecule has 2 heterocycles. The lowest BCUT2D eigenvalue weighted by Gasteiger charge is -2.26. The highest BCUT2D eigenvalue weighted by Crippen LogP contribution is 2.33. The maximum atomic E-state index is 13.2. The molecule has 0 saturated heterocycles. The minimum atomic E-state index is -0.155. The molecule has 1 atom stereocenters. The first-order valence-electron chi connectivity index (χ1n) is 10.8. The summed E-state index contributed by atoms with van der Waals surface area (Å²) in [6, 6.07) is 12.1. The minimum absolute atomic E-state index is 0.0572. The number of aryl methyl sites for hydroxylation is 2. The zero-order valence-electron chi connectivity index (χ0n) is 18.0. The molecule has 1 aliphatic heterocycles. The van der Waals surface area contributed by atoms with Gasteiger partial charge in [0.15, 0.2) is 0 Å². The Bertz CT molecular complexity index is 954. The van der Waals surface area contributed by atoms with Gasteiger partial charge in [-0.05, 0) is 37.5 Å². The normalized spacial score (nSPS) is 19.2. The van der Waals surface area contributed by atoms with E-state index in [9.17, 15) is 9.59 Å². The SMILES string of the molecule is Cc1ccc([C@H]2CC(c3cccn3C)=NN2C(=O)CN(C)C(=O)C2CCCC2)cc1. The first kappa shape index (κ1) is 20.4. The number of likely N-dealkylation sites (N-methyl/N-ethyl adjacent to an activating group) is 1. The number of carbonyl (C=O) groups excluding carboxylic acids is 2. The summed E-state index contributed by atoms with van der Waals surface area (Å²) in [5.74, 6) is 0.00825. The lowest BCUT2D eigenvalue weighted by Crippen LogP contribution is -2.41. The molecule has 2 aromatic rings. The standard InChI is InChI=1S/C24H30N4O2/c1-17-10-12-18(13-11-17)22-15-20(21-9-6-14-26(21)2)25-28(22)23(29)16-27(3)24(30)19-7-4-5-8-19/h6,9-14,19,22H,4-5,7-8,15-16H2,1-3H3/t22-/m1/s1. The first-order valence-corrected chi connectivity index (χ1v) is 10.8. The number of amides is 2. The van der Waals surface area contributed by atoms with Crippen molar-refractivity contribution in [2.45, 2.75) is 45.1 Å². The van der Waals surface area contributed by atoms with Crippen molar-refractivity contribution in [1.29, 1.82) is 0 Å². The summed E-state index contributed by atoms with van der Waals surface area (Å²) in [6.07, 6.45) is 6.71.